The molecule has 0 unspecified atom stereocenters. The third-order valence-electron chi connectivity index (χ3n) is 0.622. The van der Waals surface area contributed by atoms with Crippen LogP contribution in [-0.4, -0.2) is 23.7 Å². The van der Waals surface area contributed by atoms with Crippen molar-refractivity contribution in [2.75, 3.05) is 0 Å². The van der Waals surface area contributed by atoms with Gasteiger partial charge in [-0.3, -0.25) is 9.11 Å². The van der Waals surface area contributed by atoms with Crippen molar-refractivity contribution < 1.29 is 17.5 Å². The van der Waals surface area contributed by atoms with Gasteiger partial charge in [-0.25, -0.2) is 0 Å². The maximum atomic E-state index is 8.74. The molecule has 0 atom stereocenters. The Morgan fingerprint density at radius 1 is 1.36 bits per heavy atom. The van der Waals surface area contributed by atoms with Crippen LogP contribution in [0.15, 0.2) is 0 Å². The second-order valence-corrected chi connectivity index (χ2v) is 2.80. The van der Waals surface area contributed by atoms with Gasteiger partial charge in [-0.1, -0.05) is 13.3 Å². The second-order valence-electron chi connectivity index (χ2n) is 1.90. The zero-order valence-electron chi connectivity index (χ0n) is 6.27. The van der Waals surface area contributed by atoms with Crippen molar-refractivity contribution in [2.24, 2.45) is 11.5 Å². The van der Waals surface area contributed by atoms with Gasteiger partial charge < -0.3 is 11.5 Å². The lowest BCUT2D eigenvalue weighted by Gasteiger charge is -1.97. The molecule has 0 aliphatic carbocycles. The van der Waals surface area contributed by atoms with E-state index < -0.39 is 10.4 Å². The summed E-state index contributed by atoms with van der Waals surface area (Å²) in [6, 6.07) is 0. The molecule has 0 saturated heterocycles. The van der Waals surface area contributed by atoms with E-state index in [1.54, 1.807) is 0 Å². The molecule has 11 heavy (non-hydrogen) atoms. The first-order chi connectivity index (χ1) is 4.77. The Kier molecular flexibility index (Phi) is 7.91. The van der Waals surface area contributed by atoms with Crippen LogP contribution in [0.1, 0.15) is 19.8 Å². The van der Waals surface area contributed by atoms with Crippen molar-refractivity contribution in [3.63, 3.8) is 0 Å². The summed E-state index contributed by atoms with van der Waals surface area (Å²) < 4.78 is 31.6. The van der Waals surface area contributed by atoms with Crippen molar-refractivity contribution in [2.45, 2.75) is 25.9 Å². The summed E-state index contributed by atoms with van der Waals surface area (Å²) in [5, 5.41) is 0. The van der Waals surface area contributed by atoms with E-state index in [9.17, 15) is 0 Å². The first kappa shape index (κ1) is 13.4. The molecule has 0 radical (unpaired) electrons. The maximum absolute atomic E-state index is 8.74. The second kappa shape index (κ2) is 6.50. The third kappa shape index (κ3) is 76.3. The molecule has 0 saturated carbocycles. The monoisotopic (exact) mass is 186 g/mol. The SMILES string of the molecule is CCCC(N)N.O=S(=O)(O)O. The minimum absolute atomic E-state index is 0.102. The number of hydrogen-bond donors (Lipinski definition) is 4. The Morgan fingerprint density at radius 3 is 1.64 bits per heavy atom. The highest BCUT2D eigenvalue weighted by molar-refractivity contribution is 7.79. The molecule has 0 aromatic heterocycles. The van der Waals surface area contributed by atoms with Gasteiger partial charge in [-0.15, -0.1) is 0 Å². The Hall–Kier alpha value is -0.210. The van der Waals surface area contributed by atoms with Gasteiger partial charge in [0.1, 0.15) is 0 Å². The van der Waals surface area contributed by atoms with Crippen LogP contribution < -0.4 is 11.5 Å². The molecule has 0 aliphatic heterocycles. The number of hydrogen-bond acceptors (Lipinski definition) is 4. The highest BCUT2D eigenvalue weighted by Crippen LogP contribution is 1.82. The molecule has 0 amide bonds. The Morgan fingerprint density at radius 2 is 1.64 bits per heavy atom. The predicted molar refractivity (Wildman–Crippen MR) is 41.2 cm³/mol. The van der Waals surface area contributed by atoms with E-state index >= 15 is 0 Å². The van der Waals surface area contributed by atoms with Crippen LogP contribution >= 0.6 is 0 Å². The third-order valence-corrected chi connectivity index (χ3v) is 0.622. The van der Waals surface area contributed by atoms with Crippen molar-refractivity contribution in [3.8, 4) is 0 Å². The van der Waals surface area contributed by atoms with Crippen LogP contribution in [0.3, 0.4) is 0 Å². The quantitative estimate of drug-likeness (QED) is 0.336. The fraction of sp³-hybridized carbons (Fsp3) is 1.00. The average Bonchev–Trinajstić information content (AvgIpc) is 1.58. The van der Waals surface area contributed by atoms with E-state index in [4.69, 9.17) is 29.0 Å². The van der Waals surface area contributed by atoms with E-state index in [1.807, 2.05) is 0 Å². The molecular formula is C4H14N2O4S. The fourth-order valence-corrected chi connectivity index (χ4v) is 0.333. The molecule has 0 heterocycles. The van der Waals surface area contributed by atoms with Crippen molar-refractivity contribution in [1.82, 2.24) is 0 Å². The van der Waals surface area contributed by atoms with Gasteiger partial charge in [0, 0.05) is 0 Å². The number of nitrogens with two attached hydrogens (primary N) is 2. The van der Waals surface area contributed by atoms with Gasteiger partial charge in [0.15, 0.2) is 0 Å². The smallest absolute Gasteiger partial charge is 0.316 e. The molecule has 7 heteroatoms. The largest absolute Gasteiger partial charge is 0.394 e. The van der Waals surface area contributed by atoms with Crippen molar-refractivity contribution in [1.29, 1.82) is 0 Å². The maximum Gasteiger partial charge on any atom is 0.394 e. The molecule has 70 valence electrons. The zero-order valence-corrected chi connectivity index (χ0v) is 7.08. The predicted octanol–water partition coefficient (Wildman–Crippen LogP) is -0.623. The van der Waals surface area contributed by atoms with Crippen LogP contribution in [0.2, 0.25) is 0 Å². The summed E-state index contributed by atoms with van der Waals surface area (Å²) in [6.45, 7) is 2.06. The van der Waals surface area contributed by atoms with Gasteiger partial charge in [0.2, 0.25) is 0 Å². The summed E-state index contributed by atoms with van der Waals surface area (Å²) in [5.41, 5.74) is 10.4. The van der Waals surface area contributed by atoms with Gasteiger partial charge in [0.25, 0.3) is 0 Å². The van der Waals surface area contributed by atoms with E-state index in [0.717, 1.165) is 12.8 Å². The van der Waals surface area contributed by atoms with Gasteiger partial charge in [-0.2, -0.15) is 8.42 Å². The Labute approximate surface area is 66.2 Å². The van der Waals surface area contributed by atoms with E-state index in [1.165, 1.54) is 0 Å². The lowest BCUT2D eigenvalue weighted by Crippen LogP contribution is -2.29. The Balaban J connectivity index is 0. The normalized spacial score (nSPS) is 10.7. The molecule has 0 spiro atoms. The topological polar surface area (TPSA) is 127 Å². The fourth-order valence-electron chi connectivity index (χ4n) is 0.333. The zero-order chi connectivity index (χ0) is 9.49. The highest BCUT2D eigenvalue weighted by atomic mass is 32.3. The van der Waals surface area contributed by atoms with Crippen molar-refractivity contribution in [3.05, 3.63) is 0 Å². The van der Waals surface area contributed by atoms with Crippen LogP contribution in [0.25, 0.3) is 0 Å². The summed E-state index contributed by atoms with van der Waals surface area (Å²) in [4.78, 5) is 0. The van der Waals surface area contributed by atoms with Crippen LogP contribution in [0.5, 0.6) is 0 Å². The molecule has 6 nitrogen and oxygen atoms in total. The molecule has 0 aromatic carbocycles. The molecule has 0 aromatic rings. The van der Waals surface area contributed by atoms with Crippen LogP contribution in [-0.2, 0) is 10.4 Å². The van der Waals surface area contributed by atoms with E-state index in [0.29, 0.717) is 0 Å². The lowest BCUT2D eigenvalue weighted by atomic mass is 10.3. The molecule has 0 fully saturated rings. The number of rotatable bonds is 2. The van der Waals surface area contributed by atoms with Crippen LogP contribution in [0, 0.1) is 0 Å². The molecule has 6 N–H and O–H groups in total. The van der Waals surface area contributed by atoms with Gasteiger partial charge >= 0.3 is 10.4 Å². The Bertz CT molecular complexity index is 157. The molecule has 0 bridgehead atoms. The van der Waals surface area contributed by atoms with Gasteiger partial charge in [0.05, 0.1) is 6.17 Å². The first-order valence-corrected chi connectivity index (χ1v) is 4.38. The highest BCUT2D eigenvalue weighted by Gasteiger charge is 1.85. The standard InChI is InChI=1S/C4H12N2.H2O4S/c1-2-3-4(5)6;1-5(2,3)4/h4H,2-3,5-6H2,1H3;(H2,1,2,3,4). The summed E-state index contributed by atoms with van der Waals surface area (Å²) in [5.74, 6) is 0. The molecular weight excluding hydrogens is 172 g/mol. The molecule has 0 rings (SSSR count). The first-order valence-electron chi connectivity index (χ1n) is 2.98. The minimum Gasteiger partial charge on any atom is -0.316 e. The van der Waals surface area contributed by atoms with Crippen LogP contribution in [0.4, 0.5) is 0 Å². The summed E-state index contributed by atoms with van der Waals surface area (Å²) >= 11 is 0. The summed E-state index contributed by atoms with van der Waals surface area (Å²) in [6.07, 6.45) is 1.91. The molecule has 0 aliphatic rings. The van der Waals surface area contributed by atoms with E-state index in [-0.39, 0.29) is 6.17 Å². The summed E-state index contributed by atoms with van der Waals surface area (Å²) in [7, 11) is -4.67. The van der Waals surface area contributed by atoms with Crippen molar-refractivity contribution >= 4 is 10.4 Å². The van der Waals surface area contributed by atoms with E-state index in [2.05, 4.69) is 6.92 Å². The lowest BCUT2D eigenvalue weighted by molar-refractivity contribution is 0.381. The van der Waals surface area contributed by atoms with Gasteiger partial charge in [-0.05, 0) is 6.42 Å². The average molecular weight is 186 g/mol. The minimum atomic E-state index is -4.67.